The summed E-state index contributed by atoms with van der Waals surface area (Å²) in [5.41, 5.74) is 0.750. The van der Waals surface area contributed by atoms with Crippen molar-refractivity contribution in [1.82, 2.24) is 9.97 Å². The summed E-state index contributed by atoms with van der Waals surface area (Å²) in [6.45, 7) is 2.86. The minimum atomic E-state index is 0.374. The van der Waals surface area contributed by atoms with Crippen LogP contribution in [0.25, 0.3) is 0 Å². The van der Waals surface area contributed by atoms with Gasteiger partial charge in [0, 0.05) is 6.20 Å². The molecule has 0 saturated heterocycles. The van der Waals surface area contributed by atoms with Gasteiger partial charge in [0.25, 0.3) is 0 Å². The second-order valence-corrected chi connectivity index (χ2v) is 3.31. The first-order chi connectivity index (χ1) is 6.86. The first kappa shape index (κ1) is 11.2. The third-order valence-electron chi connectivity index (χ3n) is 1.80. The van der Waals surface area contributed by atoms with Crippen LogP contribution in [0.3, 0.4) is 0 Å². The van der Waals surface area contributed by atoms with Gasteiger partial charge in [-0.05, 0) is 6.42 Å². The van der Waals surface area contributed by atoms with Crippen molar-refractivity contribution in [3.05, 3.63) is 18.1 Å². The third kappa shape index (κ3) is 3.92. The standard InChI is InChI=1S/C10H15ClN2O/c1-2-3-4-5-14-10-8-12-7-9(6-11)13-10/h7-8H,2-6H2,1H3. The van der Waals surface area contributed by atoms with Crippen LogP contribution < -0.4 is 4.74 Å². The van der Waals surface area contributed by atoms with Crippen molar-refractivity contribution in [1.29, 1.82) is 0 Å². The lowest BCUT2D eigenvalue weighted by molar-refractivity contribution is 0.293. The second-order valence-electron chi connectivity index (χ2n) is 3.04. The largest absolute Gasteiger partial charge is 0.477 e. The van der Waals surface area contributed by atoms with Gasteiger partial charge in [-0.15, -0.1) is 11.6 Å². The Kier molecular flexibility index (Phi) is 5.30. The minimum absolute atomic E-state index is 0.374. The smallest absolute Gasteiger partial charge is 0.232 e. The Bertz CT molecular complexity index is 268. The lowest BCUT2D eigenvalue weighted by Gasteiger charge is -2.04. The molecule has 0 bridgehead atoms. The Morgan fingerprint density at radius 2 is 2.21 bits per heavy atom. The normalized spacial score (nSPS) is 10.1. The maximum absolute atomic E-state index is 5.62. The Morgan fingerprint density at radius 1 is 1.36 bits per heavy atom. The van der Waals surface area contributed by atoms with Gasteiger partial charge in [0.05, 0.1) is 24.4 Å². The average molecular weight is 215 g/mol. The van der Waals surface area contributed by atoms with Gasteiger partial charge in [-0.1, -0.05) is 19.8 Å². The zero-order chi connectivity index (χ0) is 10.2. The van der Waals surface area contributed by atoms with E-state index in [1.807, 2.05) is 0 Å². The highest BCUT2D eigenvalue weighted by Gasteiger charge is 1.98. The highest BCUT2D eigenvalue weighted by molar-refractivity contribution is 6.16. The Morgan fingerprint density at radius 3 is 2.93 bits per heavy atom. The molecule has 0 radical (unpaired) electrons. The molecule has 0 aliphatic carbocycles. The molecule has 14 heavy (non-hydrogen) atoms. The molecule has 0 aromatic carbocycles. The summed E-state index contributed by atoms with van der Waals surface area (Å²) in [6.07, 6.45) is 6.69. The molecule has 0 N–H and O–H groups in total. The first-order valence-corrected chi connectivity index (χ1v) is 5.40. The van der Waals surface area contributed by atoms with Crippen LogP contribution in [0.4, 0.5) is 0 Å². The third-order valence-corrected chi connectivity index (χ3v) is 2.07. The van der Waals surface area contributed by atoms with Gasteiger partial charge in [0.15, 0.2) is 0 Å². The molecule has 0 spiro atoms. The van der Waals surface area contributed by atoms with Crippen LogP contribution in [0.15, 0.2) is 12.4 Å². The number of hydrogen-bond donors (Lipinski definition) is 0. The summed E-state index contributed by atoms with van der Waals surface area (Å²) in [7, 11) is 0. The summed E-state index contributed by atoms with van der Waals surface area (Å²) < 4.78 is 5.42. The number of hydrogen-bond acceptors (Lipinski definition) is 3. The predicted molar refractivity (Wildman–Crippen MR) is 56.6 cm³/mol. The number of aromatic nitrogens is 2. The molecule has 1 heterocycles. The van der Waals surface area contributed by atoms with E-state index >= 15 is 0 Å². The highest BCUT2D eigenvalue weighted by Crippen LogP contribution is 2.07. The SMILES string of the molecule is CCCCCOc1cncc(CCl)n1. The molecule has 0 saturated carbocycles. The number of nitrogens with zero attached hydrogens (tertiary/aromatic N) is 2. The zero-order valence-corrected chi connectivity index (χ0v) is 9.13. The molecule has 0 unspecified atom stereocenters. The van der Waals surface area contributed by atoms with Crippen LogP contribution >= 0.6 is 11.6 Å². The molecule has 3 nitrogen and oxygen atoms in total. The van der Waals surface area contributed by atoms with E-state index in [2.05, 4.69) is 16.9 Å². The molecule has 1 rings (SSSR count). The van der Waals surface area contributed by atoms with Crippen LogP contribution in [0, 0.1) is 0 Å². The Labute approximate surface area is 89.5 Å². The monoisotopic (exact) mass is 214 g/mol. The molecule has 78 valence electrons. The lowest BCUT2D eigenvalue weighted by Crippen LogP contribution is -2.00. The number of rotatable bonds is 6. The summed E-state index contributed by atoms with van der Waals surface area (Å²) in [5, 5.41) is 0. The minimum Gasteiger partial charge on any atom is -0.477 e. The zero-order valence-electron chi connectivity index (χ0n) is 8.37. The maximum atomic E-state index is 5.62. The Balaban J connectivity index is 2.34. The van der Waals surface area contributed by atoms with Crippen molar-refractivity contribution >= 4 is 11.6 Å². The van der Waals surface area contributed by atoms with Gasteiger partial charge in [-0.3, -0.25) is 4.98 Å². The lowest BCUT2D eigenvalue weighted by atomic mass is 10.3. The van der Waals surface area contributed by atoms with Crippen LogP contribution in [-0.4, -0.2) is 16.6 Å². The molecule has 1 aromatic heterocycles. The number of halogens is 1. The highest BCUT2D eigenvalue weighted by atomic mass is 35.5. The van der Waals surface area contributed by atoms with Crippen molar-refractivity contribution in [3.8, 4) is 5.88 Å². The fraction of sp³-hybridized carbons (Fsp3) is 0.600. The molecule has 4 heteroatoms. The molecular weight excluding hydrogens is 200 g/mol. The van der Waals surface area contributed by atoms with Crippen molar-refractivity contribution in [2.24, 2.45) is 0 Å². The summed E-state index contributed by atoms with van der Waals surface area (Å²) in [4.78, 5) is 8.15. The summed E-state index contributed by atoms with van der Waals surface area (Å²) in [6, 6.07) is 0. The molecule has 1 aromatic rings. The summed E-state index contributed by atoms with van der Waals surface area (Å²) in [5.74, 6) is 0.943. The predicted octanol–water partition coefficient (Wildman–Crippen LogP) is 2.78. The molecule has 0 aliphatic heterocycles. The van der Waals surface area contributed by atoms with Crippen LogP contribution in [0.5, 0.6) is 5.88 Å². The van der Waals surface area contributed by atoms with Gasteiger partial charge in [0.1, 0.15) is 0 Å². The fourth-order valence-corrected chi connectivity index (χ4v) is 1.18. The van der Waals surface area contributed by atoms with E-state index in [1.165, 1.54) is 12.8 Å². The van der Waals surface area contributed by atoms with Crippen LogP contribution in [0.1, 0.15) is 31.9 Å². The van der Waals surface area contributed by atoms with E-state index in [-0.39, 0.29) is 0 Å². The van der Waals surface area contributed by atoms with Crippen LogP contribution in [0.2, 0.25) is 0 Å². The van der Waals surface area contributed by atoms with Gasteiger partial charge >= 0.3 is 0 Å². The van der Waals surface area contributed by atoms with E-state index in [1.54, 1.807) is 12.4 Å². The number of alkyl halides is 1. The van der Waals surface area contributed by atoms with Crippen molar-refractivity contribution in [3.63, 3.8) is 0 Å². The van der Waals surface area contributed by atoms with Crippen molar-refractivity contribution in [2.75, 3.05) is 6.61 Å². The van der Waals surface area contributed by atoms with Crippen molar-refractivity contribution < 1.29 is 4.74 Å². The van der Waals surface area contributed by atoms with E-state index in [4.69, 9.17) is 16.3 Å². The summed E-state index contributed by atoms with van der Waals surface area (Å²) >= 11 is 5.62. The van der Waals surface area contributed by atoms with Crippen molar-refractivity contribution in [2.45, 2.75) is 32.1 Å². The molecule has 0 atom stereocenters. The number of ether oxygens (including phenoxy) is 1. The molecule has 0 amide bonds. The fourth-order valence-electron chi connectivity index (χ4n) is 1.05. The maximum Gasteiger partial charge on any atom is 0.232 e. The van der Waals surface area contributed by atoms with E-state index < -0.39 is 0 Å². The second kappa shape index (κ2) is 6.60. The topological polar surface area (TPSA) is 35.0 Å². The first-order valence-electron chi connectivity index (χ1n) is 4.86. The van der Waals surface area contributed by atoms with Gasteiger partial charge in [-0.25, -0.2) is 4.98 Å². The van der Waals surface area contributed by atoms with Crippen LogP contribution in [-0.2, 0) is 5.88 Å². The molecular formula is C10H15ClN2O. The molecule has 0 aliphatic rings. The quantitative estimate of drug-likeness (QED) is 0.540. The Hall–Kier alpha value is -0.830. The van der Waals surface area contributed by atoms with E-state index in [0.29, 0.717) is 18.4 Å². The van der Waals surface area contributed by atoms with Gasteiger partial charge in [0.2, 0.25) is 5.88 Å². The van der Waals surface area contributed by atoms with Gasteiger partial charge < -0.3 is 4.74 Å². The average Bonchev–Trinajstić information content (AvgIpc) is 2.25. The van der Waals surface area contributed by atoms with E-state index in [0.717, 1.165) is 12.1 Å². The number of unbranched alkanes of at least 4 members (excludes halogenated alkanes) is 2. The van der Waals surface area contributed by atoms with E-state index in [9.17, 15) is 0 Å². The molecule has 0 fully saturated rings. The van der Waals surface area contributed by atoms with Gasteiger partial charge in [-0.2, -0.15) is 0 Å².